The summed E-state index contributed by atoms with van der Waals surface area (Å²) in [5, 5.41) is 0. The van der Waals surface area contributed by atoms with Crippen molar-refractivity contribution in [3.8, 4) is 5.75 Å². The summed E-state index contributed by atoms with van der Waals surface area (Å²) in [4.78, 5) is 12.2. The van der Waals surface area contributed by atoms with Crippen molar-refractivity contribution in [2.24, 2.45) is 7.05 Å². The second-order valence-electron chi connectivity index (χ2n) is 4.49. The predicted molar refractivity (Wildman–Crippen MR) is 78.9 cm³/mol. The Bertz CT molecular complexity index is 665. The molecule has 0 aliphatic rings. The summed E-state index contributed by atoms with van der Waals surface area (Å²) in [7, 11) is 3.18. The lowest BCUT2D eigenvalue weighted by molar-refractivity contribution is 0.414. The van der Waals surface area contributed by atoms with E-state index in [9.17, 15) is 9.18 Å². The van der Waals surface area contributed by atoms with E-state index in [2.05, 4.69) is 0 Å². The number of hydrogen-bond acceptors (Lipinski definition) is 3. The zero-order valence-electron chi connectivity index (χ0n) is 11.6. The van der Waals surface area contributed by atoms with Gasteiger partial charge in [0.05, 0.1) is 7.11 Å². The van der Waals surface area contributed by atoms with Crippen LogP contribution in [0.1, 0.15) is 11.1 Å². The van der Waals surface area contributed by atoms with Crippen LogP contribution in [-0.2, 0) is 12.8 Å². The fourth-order valence-corrected chi connectivity index (χ4v) is 2.84. The molecule has 106 valence electrons. The lowest BCUT2D eigenvalue weighted by Crippen LogP contribution is -2.21. The minimum absolute atomic E-state index is 0.409. The predicted octanol–water partition coefficient (Wildman–Crippen LogP) is 3.13. The van der Waals surface area contributed by atoms with Crippen LogP contribution in [-0.4, -0.2) is 11.7 Å². The van der Waals surface area contributed by atoms with E-state index in [4.69, 9.17) is 4.74 Å². The molecule has 1 aromatic heterocycles. The standard InChI is InChI=1S/C15H16FNO2S/c1-10-13(8-17(2)15(18)14(10)16)20-9-11-4-6-12(19-3)7-5-11/h4-8H,9H2,1-3H3. The van der Waals surface area contributed by atoms with E-state index in [0.717, 1.165) is 16.2 Å². The number of aryl methyl sites for hydroxylation is 1. The van der Waals surface area contributed by atoms with Crippen LogP contribution in [0.4, 0.5) is 4.39 Å². The first-order chi connectivity index (χ1) is 9.52. The van der Waals surface area contributed by atoms with E-state index < -0.39 is 11.4 Å². The second-order valence-corrected chi connectivity index (χ2v) is 5.50. The van der Waals surface area contributed by atoms with Gasteiger partial charge in [0, 0.05) is 29.5 Å². The van der Waals surface area contributed by atoms with Gasteiger partial charge in [0.15, 0.2) is 5.82 Å². The Labute approximate surface area is 121 Å². The maximum absolute atomic E-state index is 13.7. The van der Waals surface area contributed by atoms with Crippen molar-refractivity contribution in [1.29, 1.82) is 0 Å². The van der Waals surface area contributed by atoms with Crippen molar-refractivity contribution >= 4 is 11.8 Å². The van der Waals surface area contributed by atoms with E-state index in [1.807, 2.05) is 24.3 Å². The summed E-state index contributed by atoms with van der Waals surface area (Å²) in [5.74, 6) is 0.845. The summed E-state index contributed by atoms with van der Waals surface area (Å²) in [6, 6.07) is 7.73. The molecule has 3 nitrogen and oxygen atoms in total. The van der Waals surface area contributed by atoms with Crippen molar-refractivity contribution in [2.75, 3.05) is 7.11 Å². The maximum Gasteiger partial charge on any atom is 0.286 e. The summed E-state index contributed by atoms with van der Waals surface area (Å²) in [6.07, 6.45) is 1.68. The second kappa shape index (κ2) is 6.13. The number of ether oxygens (including phenoxy) is 1. The first-order valence-corrected chi connectivity index (χ1v) is 7.13. The molecule has 0 unspecified atom stereocenters. The minimum Gasteiger partial charge on any atom is -0.497 e. The molecule has 0 aliphatic carbocycles. The van der Waals surface area contributed by atoms with E-state index in [0.29, 0.717) is 11.3 Å². The van der Waals surface area contributed by atoms with Crippen molar-refractivity contribution in [3.05, 3.63) is 57.8 Å². The fourth-order valence-electron chi connectivity index (χ4n) is 1.78. The highest BCUT2D eigenvalue weighted by molar-refractivity contribution is 7.98. The van der Waals surface area contributed by atoms with Gasteiger partial charge in [-0.1, -0.05) is 12.1 Å². The van der Waals surface area contributed by atoms with Gasteiger partial charge >= 0.3 is 0 Å². The van der Waals surface area contributed by atoms with E-state index in [1.165, 1.54) is 16.3 Å². The van der Waals surface area contributed by atoms with Gasteiger partial charge in [-0.2, -0.15) is 0 Å². The summed E-state index contributed by atoms with van der Waals surface area (Å²) in [6.45, 7) is 1.63. The molecule has 0 saturated heterocycles. The number of halogens is 1. The molecule has 0 radical (unpaired) electrons. The molecule has 0 saturated carbocycles. The first kappa shape index (κ1) is 14.7. The van der Waals surface area contributed by atoms with E-state index in [1.54, 1.807) is 27.3 Å². The molecule has 0 aliphatic heterocycles. The van der Waals surface area contributed by atoms with Crippen LogP contribution in [0.5, 0.6) is 5.75 Å². The monoisotopic (exact) mass is 293 g/mol. The van der Waals surface area contributed by atoms with Crippen molar-refractivity contribution in [1.82, 2.24) is 4.57 Å². The van der Waals surface area contributed by atoms with Gasteiger partial charge in [-0.25, -0.2) is 4.39 Å². The highest BCUT2D eigenvalue weighted by Gasteiger charge is 2.11. The Kier molecular flexibility index (Phi) is 4.49. The molecule has 2 aromatic rings. The number of nitrogens with zero attached hydrogens (tertiary/aromatic N) is 1. The Morgan fingerprint density at radius 3 is 2.55 bits per heavy atom. The van der Waals surface area contributed by atoms with Crippen molar-refractivity contribution in [2.45, 2.75) is 17.6 Å². The van der Waals surface area contributed by atoms with Crippen LogP contribution in [0.25, 0.3) is 0 Å². The smallest absolute Gasteiger partial charge is 0.286 e. The number of methoxy groups -OCH3 is 1. The van der Waals surface area contributed by atoms with Gasteiger partial charge in [-0.3, -0.25) is 4.79 Å². The van der Waals surface area contributed by atoms with Crippen molar-refractivity contribution in [3.63, 3.8) is 0 Å². The number of benzene rings is 1. The van der Waals surface area contributed by atoms with Gasteiger partial charge in [-0.15, -0.1) is 11.8 Å². The lowest BCUT2D eigenvalue weighted by atomic mass is 10.2. The Morgan fingerprint density at radius 2 is 1.95 bits per heavy atom. The van der Waals surface area contributed by atoms with E-state index in [-0.39, 0.29) is 0 Å². The maximum atomic E-state index is 13.7. The molecule has 1 heterocycles. The Morgan fingerprint density at radius 1 is 1.30 bits per heavy atom. The highest BCUT2D eigenvalue weighted by Crippen LogP contribution is 2.26. The third-order valence-electron chi connectivity index (χ3n) is 3.07. The molecular weight excluding hydrogens is 277 g/mol. The third kappa shape index (κ3) is 3.04. The number of hydrogen-bond donors (Lipinski definition) is 0. The van der Waals surface area contributed by atoms with Gasteiger partial charge in [0.1, 0.15) is 5.75 Å². The number of pyridine rings is 1. The molecule has 0 fully saturated rings. The highest BCUT2D eigenvalue weighted by atomic mass is 32.2. The van der Waals surface area contributed by atoms with Gasteiger partial charge in [0.25, 0.3) is 5.56 Å². The number of thioether (sulfide) groups is 1. The fraction of sp³-hybridized carbons (Fsp3) is 0.267. The molecule has 0 spiro atoms. The van der Waals surface area contributed by atoms with Crippen LogP contribution in [0, 0.1) is 12.7 Å². The normalized spacial score (nSPS) is 10.6. The van der Waals surface area contributed by atoms with Gasteiger partial charge < -0.3 is 9.30 Å². The number of rotatable bonds is 4. The molecule has 20 heavy (non-hydrogen) atoms. The number of aromatic nitrogens is 1. The Balaban J connectivity index is 2.16. The van der Waals surface area contributed by atoms with Crippen LogP contribution < -0.4 is 10.3 Å². The summed E-state index contributed by atoms with van der Waals surface area (Å²) in [5.41, 5.74) is 0.937. The molecular formula is C15H16FNO2S. The lowest BCUT2D eigenvalue weighted by Gasteiger charge is -2.09. The SMILES string of the molecule is COc1ccc(CSc2cn(C)c(=O)c(F)c2C)cc1. The molecule has 1 aromatic carbocycles. The average Bonchev–Trinajstić information content (AvgIpc) is 2.48. The first-order valence-electron chi connectivity index (χ1n) is 6.14. The van der Waals surface area contributed by atoms with E-state index >= 15 is 0 Å². The summed E-state index contributed by atoms with van der Waals surface area (Å²) >= 11 is 1.51. The van der Waals surface area contributed by atoms with Gasteiger partial charge in [-0.05, 0) is 24.6 Å². The molecule has 0 atom stereocenters. The molecule has 0 bridgehead atoms. The zero-order chi connectivity index (χ0) is 14.7. The third-order valence-corrected chi connectivity index (χ3v) is 4.27. The van der Waals surface area contributed by atoms with Gasteiger partial charge in [0.2, 0.25) is 0 Å². The topological polar surface area (TPSA) is 31.2 Å². The zero-order valence-corrected chi connectivity index (χ0v) is 12.5. The average molecular weight is 293 g/mol. The van der Waals surface area contributed by atoms with Crippen molar-refractivity contribution < 1.29 is 9.13 Å². The largest absolute Gasteiger partial charge is 0.497 e. The quantitative estimate of drug-likeness (QED) is 0.812. The molecule has 0 amide bonds. The Hall–Kier alpha value is -1.75. The van der Waals surface area contributed by atoms with Crippen LogP contribution in [0.15, 0.2) is 40.2 Å². The minimum atomic E-state index is -0.674. The molecule has 0 N–H and O–H groups in total. The van der Waals surface area contributed by atoms with Crippen LogP contribution in [0.2, 0.25) is 0 Å². The molecule has 5 heteroatoms. The molecule has 2 rings (SSSR count). The van der Waals surface area contributed by atoms with Crippen LogP contribution >= 0.6 is 11.8 Å². The van der Waals surface area contributed by atoms with Crippen LogP contribution in [0.3, 0.4) is 0 Å². The summed E-state index contributed by atoms with van der Waals surface area (Å²) < 4.78 is 20.1.